The van der Waals surface area contributed by atoms with E-state index in [0.717, 1.165) is 33.6 Å². The van der Waals surface area contributed by atoms with E-state index < -0.39 is 0 Å². The van der Waals surface area contributed by atoms with Crippen LogP contribution in [0.1, 0.15) is 11.1 Å². The van der Waals surface area contributed by atoms with Gasteiger partial charge in [0, 0.05) is 32.8 Å². The van der Waals surface area contributed by atoms with Crippen LogP contribution in [0.2, 0.25) is 0 Å². The lowest BCUT2D eigenvalue weighted by molar-refractivity contribution is 1.11. The van der Waals surface area contributed by atoms with Crippen LogP contribution in [0.3, 0.4) is 0 Å². The van der Waals surface area contributed by atoms with Crippen LogP contribution in [0.4, 0.5) is 0 Å². The van der Waals surface area contributed by atoms with E-state index in [1.165, 1.54) is 66.0 Å². The molecule has 0 bridgehead atoms. The summed E-state index contributed by atoms with van der Waals surface area (Å²) in [6, 6.07) is 57.1. The standard InChI is InChI=1S/C46H32N4/c1-29-11-15-31(16-12-29)34-21-25-43-40(27-34)41-28-35(32-17-13-30(2)14-18-32)22-26-44(41)49(43)36-23-19-33(20-24-36)45-47-48-46-39-9-4-3-7-37(39)38-8-5-6-10-42(38)50(45)46/h3-28H,1-2H3. The highest BCUT2D eigenvalue weighted by Crippen LogP contribution is 2.38. The van der Waals surface area contributed by atoms with Gasteiger partial charge in [0.15, 0.2) is 11.5 Å². The minimum absolute atomic E-state index is 0.834. The Bertz CT molecular complexity index is 2810. The topological polar surface area (TPSA) is 35.1 Å². The molecule has 3 heterocycles. The average Bonchev–Trinajstić information content (AvgIpc) is 3.76. The number of pyridine rings is 1. The molecule has 10 rings (SSSR count). The number of aromatic nitrogens is 4. The van der Waals surface area contributed by atoms with Crippen LogP contribution < -0.4 is 0 Å². The van der Waals surface area contributed by atoms with Gasteiger partial charge in [0.05, 0.1) is 16.6 Å². The van der Waals surface area contributed by atoms with Gasteiger partial charge >= 0.3 is 0 Å². The first kappa shape index (κ1) is 28.5. The third-order valence-corrected chi connectivity index (χ3v) is 10.2. The molecule has 0 fully saturated rings. The van der Waals surface area contributed by atoms with Crippen molar-refractivity contribution in [1.29, 1.82) is 0 Å². The zero-order valence-corrected chi connectivity index (χ0v) is 27.8. The molecule has 7 aromatic carbocycles. The van der Waals surface area contributed by atoms with E-state index in [4.69, 9.17) is 10.2 Å². The third kappa shape index (κ3) is 4.39. The molecule has 10 aromatic rings. The maximum Gasteiger partial charge on any atom is 0.169 e. The molecule has 0 amide bonds. The summed E-state index contributed by atoms with van der Waals surface area (Å²) in [6.07, 6.45) is 0. The average molecular weight is 641 g/mol. The molecule has 0 aliphatic heterocycles. The summed E-state index contributed by atoms with van der Waals surface area (Å²) in [6.45, 7) is 4.27. The number of nitrogens with zero attached hydrogens (tertiary/aromatic N) is 4. The minimum atomic E-state index is 0.834. The zero-order chi connectivity index (χ0) is 33.3. The molecule has 236 valence electrons. The first-order valence-electron chi connectivity index (χ1n) is 17.1. The van der Waals surface area contributed by atoms with E-state index in [1.54, 1.807) is 0 Å². The maximum atomic E-state index is 4.75. The second-order valence-corrected chi connectivity index (χ2v) is 13.3. The Balaban J connectivity index is 1.15. The van der Waals surface area contributed by atoms with Crippen molar-refractivity contribution in [1.82, 2.24) is 19.2 Å². The van der Waals surface area contributed by atoms with Crippen molar-refractivity contribution in [2.45, 2.75) is 13.8 Å². The van der Waals surface area contributed by atoms with E-state index in [2.05, 4.69) is 181 Å². The van der Waals surface area contributed by atoms with Gasteiger partial charge in [-0.15, -0.1) is 10.2 Å². The van der Waals surface area contributed by atoms with Crippen LogP contribution in [0.25, 0.3) is 88.5 Å². The summed E-state index contributed by atoms with van der Waals surface area (Å²) in [7, 11) is 0. The second-order valence-electron chi connectivity index (χ2n) is 13.3. The van der Waals surface area contributed by atoms with Crippen LogP contribution in [0.15, 0.2) is 158 Å². The largest absolute Gasteiger partial charge is 0.309 e. The summed E-state index contributed by atoms with van der Waals surface area (Å²) >= 11 is 0. The number of para-hydroxylation sites is 1. The summed E-state index contributed by atoms with van der Waals surface area (Å²) in [5, 5.41) is 15.4. The Morgan fingerprint density at radius 2 is 0.880 bits per heavy atom. The van der Waals surface area contributed by atoms with Crippen molar-refractivity contribution in [3.8, 4) is 39.3 Å². The van der Waals surface area contributed by atoms with Crippen LogP contribution in [0.5, 0.6) is 0 Å². The molecular formula is C46H32N4. The van der Waals surface area contributed by atoms with Gasteiger partial charge in [0.1, 0.15) is 0 Å². The van der Waals surface area contributed by atoms with Crippen molar-refractivity contribution >= 4 is 49.1 Å². The van der Waals surface area contributed by atoms with Crippen molar-refractivity contribution < 1.29 is 0 Å². The molecule has 0 aliphatic rings. The van der Waals surface area contributed by atoms with Crippen LogP contribution >= 0.6 is 0 Å². The molecule has 0 aliphatic carbocycles. The van der Waals surface area contributed by atoms with Gasteiger partial charge in [0.2, 0.25) is 0 Å². The van der Waals surface area contributed by atoms with Gasteiger partial charge in [-0.3, -0.25) is 4.40 Å². The van der Waals surface area contributed by atoms with Gasteiger partial charge in [-0.1, -0.05) is 114 Å². The maximum absolute atomic E-state index is 4.75. The first-order valence-corrected chi connectivity index (χ1v) is 17.1. The fraction of sp³-hybridized carbons (Fsp3) is 0.0435. The van der Waals surface area contributed by atoms with Crippen molar-refractivity contribution in [2.24, 2.45) is 0 Å². The molecule has 0 radical (unpaired) electrons. The lowest BCUT2D eigenvalue weighted by atomic mass is 9.99. The summed E-state index contributed by atoms with van der Waals surface area (Å²) < 4.78 is 4.59. The van der Waals surface area contributed by atoms with Gasteiger partial charge < -0.3 is 4.57 Å². The zero-order valence-electron chi connectivity index (χ0n) is 27.8. The number of rotatable bonds is 4. The molecule has 3 aromatic heterocycles. The smallest absolute Gasteiger partial charge is 0.169 e. The third-order valence-electron chi connectivity index (χ3n) is 10.2. The molecule has 0 saturated heterocycles. The highest BCUT2D eigenvalue weighted by Gasteiger charge is 2.18. The number of aryl methyl sites for hydroxylation is 2. The monoisotopic (exact) mass is 640 g/mol. The Labute approximate surface area is 289 Å². The Hall–Kier alpha value is -6.52. The molecule has 4 nitrogen and oxygen atoms in total. The van der Waals surface area contributed by atoms with Gasteiger partial charge in [-0.2, -0.15) is 0 Å². The second kappa shape index (κ2) is 11.0. The molecule has 0 unspecified atom stereocenters. The molecule has 0 N–H and O–H groups in total. The van der Waals surface area contributed by atoms with Crippen molar-refractivity contribution in [3.05, 3.63) is 169 Å². The Morgan fingerprint density at radius 3 is 1.48 bits per heavy atom. The minimum Gasteiger partial charge on any atom is -0.309 e. The number of fused-ring (bicyclic) bond motifs is 9. The van der Waals surface area contributed by atoms with Crippen LogP contribution in [0, 0.1) is 13.8 Å². The molecular weight excluding hydrogens is 609 g/mol. The predicted molar refractivity (Wildman–Crippen MR) is 208 cm³/mol. The quantitative estimate of drug-likeness (QED) is 0.179. The molecule has 0 saturated carbocycles. The van der Waals surface area contributed by atoms with Crippen molar-refractivity contribution in [3.63, 3.8) is 0 Å². The fourth-order valence-electron chi connectivity index (χ4n) is 7.60. The highest BCUT2D eigenvalue weighted by atomic mass is 15.2. The summed E-state index contributed by atoms with van der Waals surface area (Å²) in [5.74, 6) is 0.834. The number of hydrogen-bond donors (Lipinski definition) is 0. The number of hydrogen-bond acceptors (Lipinski definition) is 2. The lowest BCUT2D eigenvalue weighted by Gasteiger charge is -2.11. The van der Waals surface area contributed by atoms with Crippen LogP contribution in [-0.2, 0) is 0 Å². The fourth-order valence-corrected chi connectivity index (χ4v) is 7.60. The van der Waals surface area contributed by atoms with Crippen LogP contribution in [-0.4, -0.2) is 19.2 Å². The number of benzene rings is 7. The normalized spacial score (nSPS) is 11.8. The first-order chi connectivity index (χ1) is 24.6. The van der Waals surface area contributed by atoms with E-state index in [1.807, 2.05) is 0 Å². The van der Waals surface area contributed by atoms with Gasteiger partial charge in [-0.05, 0) is 96.1 Å². The SMILES string of the molecule is Cc1ccc(-c2ccc3c(c2)c2cc(-c4ccc(C)cc4)ccc2n3-c2ccc(-c3nnc4c5ccccc5c5ccccc5n34)cc2)cc1. The van der Waals surface area contributed by atoms with E-state index in [-0.39, 0.29) is 0 Å². The molecule has 4 heteroatoms. The van der Waals surface area contributed by atoms with Gasteiger partial charge in [0.25, 0.3) is 0 Å². The Morgan fingerprint density at radius 1 is 0.380 bits per heavy atom. The summed E-state index contributed by atoms with van der Waals surface area (Å²) in [4.78, 5) is 0. The Kier molecular flexibility index (Phi) is 6.27. The molecule has 50 heavy (non-hydrogen) atoms. The van der Waals surface area contributed by atoms with Crippen molar-refractivity contribution in [2.75, 3.05) is 0 Å². The lowest BCUT2D eigenvalue weighted by Crippen LogP contribution is -1.96. The van der Waals surface area contributed by atoms with E-state index >= 15 is 0 Å². The molecule has 0 atom stereocenters. The summed E-state index contributed by atoms with van der Waals surface area (Å²) in [5.41, 5.74) is 13.8. The van der Waals surface area contributed by atoms with Gasteiger partial charge in [-0.25, -0.2) is 0 Å². The predicted octanol–water partition coefficient (Wildman–Crippen LogP) is 11.8. The molecule has 0 spiro atoms. The highest BCUT2D eigenvalue weighted by molar-refractivity contribution is 6.13. The van der Waals surface area contributed by atoms with E-state index in [9.17, 15) is 0 Å². The van der Waals surface area contributed by atoms with E-state index in [0.29, 0.717) is 0 Å².